The number of likely N-dealkylation sites (tertiary alicyclic amines) is 1. The highest BCUT2D eigenvalue weighted by Crippen LogP contribution is 2.33. The van der Waals surface area contributed by atoms with Crippen LogP contribution in [-0.4, -0.2) is 62.8 Å². The van der Waals surface area contributed by atoms with E-state index in [1.54, 1.807) is 17.0 Å². The zero-order chi connectivity index (χ0) is 25.2. The van der Waals surface area contributed by atoms with E-state index < -0.39 is 5.97 Å². The van der Waals surface area contributed by atoms with Gasteiger partial charge in [-0.25, -0.2) is 9.59 Å². The molecule has 3 atom stereocenters. The van der Waals surface area contributed by atoms with Crippen molar-refractivity contribution in [2.45, 2.75) is 57.1 Å². The third-order valence-electron chi connectivity index (χ3n) is 6.59. The summed E-state index contributed by atoms with van der Waals surface area (Å²) in [4.78, 5) is 26.7. The number of hydrogen-bond acceptors (Lipinski definition) is 7. The van der Waals surface area contributed by atoms with Crippen molar-refractivity contribution in [2.24, 2.45) is 0 Å². The maximum absolute atomic E-state index is 13.1. The summed E-state index contributed by atoms with van der Waals surface area (Å²) >= 11 is 0. The lowest BCUT2D eigenvalue weighted by Crippen LogP contribution is -2.43. The lowest BCUT2D eigenvalue weighted by molar-refractivity contribution is -0.172. The minimum atomic E-state index is -0.396. The van der Waals surface area contributed by atoms with E-state index in [0.717, 1.165) is 37.0 Å². The van der Waals surface area contributed by atoms with Gasteiger partial charge in [0.05, 0.1) is 38.0 Å². The molecule has 0 aliphatic carbocycles. The Morgan fingerprint density at radius 1 is 0.972 bits per heavy atom. The van der Waals surface area contributed by atoms with E-state index in [0.29, 0.717) is 38.2 Å². The minimum absolute atomic E-state index is 0.0238. The summed E-state index contributed by atoms with van der Waals surface area (Å²) in [6.07, 6.45) is 3.94. The summed E-state index contributed by atoms with van der Waals surface area (Å²) in [5, 5.41) is 0. The average Bonchev–Trinajstić information content (AvgIpc) is 2.94. The molecule has 2 aromatic carbocycles. The highest BCUT2D eigenvalue weighted by Gasteiger charge is 2.34. The molecule has 0 bridgehead atoms. The van der Waals surface area contributed by atoms with Crippen LogP contribution >= 0.6 is 0 Å². The van der Waals surface area contributed by atoms with Gasteiger partial charge in [0.25, 0.3) is 0 Å². The van der Waals surface area contributed by atoms with Gasteiger partial charge >= 0.3 is 12.1 Å². The van der Waals surface area contributed by atoms with Crippen LogP contribution in [0.4, 0.5) is 4.79 Å². The first-order chi connectivity index (χ1) is 17.6. The molecule has 0 radical (unpaired) electrons. The van der Waals surface area contributed by atoms with Gasteiger partial charge in [-0.05, 0) is 55.4 Å². The fourth-order valence-corrected chi connectivity index (χ4v) is 4.62. The molecule has 8 heteroatoms. The van der Waals surface area contributed by atoms with E-state index >= 15 is 0 Å². The molecule has 2 aromatic rings. The second kappa shape index (κ2) is 13.4. The van der Waals surface area contributed by atoms with Gasteiger partial charge in [-0.3, -0.25) is 0 Å². The standard InChI is InChI=1S/C28H35NO7/c1-32-27(30)23-12-10-22(11-13-23)25-19-24(33-17-18-35-26-9-5-6-16-34-26)14-15-29(25)28(31)36-20-21-7-3-2-4-8-21/h2-4,7-8,10-13,24-26H,5-6,9,14-20H2,1H3/t24-,25-,26?/m0/s1. The molecule has 8 nitrogen and oxygen atoms in total. The molecular weight excluding hydrogens is 462 g/mol. The van der Waals surface area contributed by atoms with Crippen LogP contribution in [0.1, 0.15) is 59.6 Å². The number of carbonyl (C=O) groups is 2. The number of rotatable bonds is 9. The molecule has 2 fully saturated rings. The van der Waals surface area contributed by atoms with Crippen molar-refractivity contribution in [2.75, 3.05) is 33.5 Å². The quantitative estimate of drug-likeness (QED) is 0.361. The van der Waals surface area contributed by atoms with Crippen LogP contribution in [0.3, 0.4) is 0 Å². The number of amides is 1. The first kappa shape index (κ1) is 26.1. The first-order valence-corrected chi connectivity index (χ1v) is 12.6. The third kappa shape index (κ3) is 7.29. The Balaban J connectivity index is 1.37. The number of hydrogen-bond donors (Lipinski definition) is 0. The van der Waals surface area contributed by atoms with Crippen LogP contribution in [0.2, 0.25) is 0 Å². The van der Waals surface area contributed by atoms with Crippen LogP contribution in [0.25, 0.3) is 0 Å². The Labute approximate surface area is 212 Å². The Hall–Kier alpha value is -2.94. The van der Waals surface area contributed by atoms with Crippen molar-refractivity contribution in [3.05, 3.63) is 71.3 Å². The van der Waals surface area contributed by atoms with E-state index in [1.165, 1.54) is 7.11 Å². The van der Waals surface area contributed by atoms with Crippen LogP contribution in [0.15, 0.2) is 54.6 Å². The first-order valence-electron chi connectivity index (χ1n) is 12.6. The molecule has 4 rings (SSSR count). The molecule has 194 valence electrons. The third-order valence-corrected chi connectivity index (χ3v) is 6.59. The largest absolute Gasteiger partial charge is 0.465 e. The number of ether oxygens (including phenoxy) is 5. The van der Waals surface area contributed by atoms with Crippen molar-refractivity contribution in [1.82, 2.24) is 4.90 Å². The highest BCUT2D eigenvalue weighted by molar-refractivity contribution is 5.89. The van der Waals surface area contributed by atoms with Crippen LogP contribution in [0.5, 0.6) is 0 Å². The average molecular weight is 498 g/mol. The maximum Gasteiger partial charge on any atom is 0.410 e. The molecule has 2 aliphatic rings. The monoisotopic (exact) mass is 497 g/mol. The molecular formula is C28H35NO7. The fraction of sp³-hybridized carbons (Fsp3) is 0.500. The molecule has 0 spiro atoms. The predicted octanol–water partition coefficient (Wildman–Crippen LogP) is 4.88. The number of benzene rings is 2. The zero-order valence-electron chi connectivity index (χ0n) is 20.8. The van der Waals surface area contributed by atoms with Crippen LogP contribution in [-0.2, 0) is 30.3 Å². The van der Waals surface area contributed by atoms with Gasteiger partial charge in [0.15, 0.2) is 6.29 Å². The smallest absolute Gasteiger partial charge is 0.410 e. The van der Waals surface area contributed by atoms with Gasteiger partial charge in [0.2, 0.25) is 0 Å². The van der Waals surface area contributed by atoms with Crippen molar-refractivity contribution < 1.29 is 33.3 Å². The Kier molecular flexibility index (Phi) is 9.72. The van der Waals surface area contributed by atoms with Gasteiger partial charge in [0, 0.05) is 13.2 Å². The van der Waals surface area contributed by atoms with Crippen molar-refractivity contribution in [3.8, 4) is 0 Å². The summed E-state index contributed by atoms with van der Waals surface area (Å²) in [6.45, 7) is 2.42. The van der Waals surface area contributed by atoms with E-state index in [1.807, 2.05) is 42.5 Å². The van der Waals surface area contributed by atoms with Gasteiger partial charge in [-0.15, -0.1) is 0 Å². The van der Waals surface area contributed by atoms with Gasteiger partial charge in [-0.1, -0.05) is 42.5 Å². The number of methoxy groups -OCH3 is 1. The maximum atomic E-state index is 13.1. The van der Waals surface area contributed by atoms with E-state index in [9.17, 15) is 9.59 Å². The van der Waals surface area contributed by atoms with Crippen molar-refractivity contribution in [3.63, 3.8) is 0 Å². The SMILES string of the molecule is COC(=O)c1ccc([C@@H]2C[C@@H](OCCOC3CCCCO3)CCN2C(=O)OCc2ccccc2)cc1. The van der Waals surface area contributed by atoms with E-state index in [4.69, 9.17) is 23.7 Å². The number of piperidine rings is 1. The summed E-state index contributed by atoms with van der Waals surface area (Å²) in [6, 6.07) is 16.5. The Morgan fingerprint density at radius 2 is 1.75 bits per heavy atom. The lowest BCUT2D eigenvalue weighted by Gasteiger charge is -2.39. The Bertz CT molecular complexity index is 960. The molecule has 0 aromatic heterocycles. The molecule has 36 heavy (non-hydrogen) atoms. The summed E-state index contributed by atoms with van der Waals surface area (Å²) < 4.78 is 28.0. The second-order valence-electron chi connectivity index (χ2n) is 9.05. The molecule has 2 aliphatic heterocycles. The lowest BCUT2D eigenvalue weighted by atomic mass is 9.93. The van der Waals surface area contributed by atoms with Crippen LogP contribution in [0, 0.1) is 0 Å². The van der Waals surface area contributed by atoms with Gasteiger partial charge < -0.3 is 28.6 Å². The second-order valence-corrected chi connectivity index (χ2v) is 9.05. The fourth-order valence-electron chi connectivity index (χ4n) is 4.62. The summed E-state index contributed by atoms with van der Waals surface area (Å²) in [7, 11) is 1.36. The predicted molar refractivity (Wildman–Crippen MR) is 132 cm³/mol. The number of carbonyl (C=O) groups excluding carboxylic acids is 2. The number of esters is 1. The minimum Gasteiger partial charge on any atom is -0.465 e. The molecule has 1 amide bonds. The molecule has 0 saturated carbocycles. The van der Waals surface area contributed by atoms with Crippen LogP contribution < -0.4 is 0 Å². The van der Waals surface area contributed by atoms with E-state index in [-0.39, 0.29) is 31.1 Å². The molecule has 2 saturated heterocycles. The van der Waals surface area contributed by atoms with E-state index in [2.05, 4.69) is 0 Å². The summed E-state index contributed by atoms with van der Waals surface area (Å²) in [5.41, 5.74) is 2.31. The molecule has 0 N–H and O–H groups in total. The Morgan fingerprint density at radius 3 is 2.47 bits per heavy atom. The van der Waals surface area contributed by atoms with Crippen molar-refractivity contribution in [1.29, 1.82) is 0 Å². The molecule has 2 heterocycles. The van der Waals surface area contributed by atoms with Crippen molar-refractivity contribution >= 4 is 12.1 Å². The highest BCUT2D eigenvalue weighted by atomic mass is 16.7. The van der Waals surface area contributed by atoms with Gasteiger partial charge in [0.1, 0.15) is 6.61 Å². The topological polar surface area (TPSA) is 83.5 Å². The number of nitrogens with zero attached hydrogens (tertiary/aromatic N) is 1. The summed E-state index contributed by atoms with van der Waals surface area (Å²) in [5.74, 6) is -0.396. The zero-order valence-corrected chi connectivity index (χ0v) is 20.8. The molecule has 1 unspecified atom stereocenters. The van der Waals surface area contributed by atoms with Gasteiger partial charge in [-0.2, -0.15) is 0 Å². The normalized spacial score (nSPS) is 22.1.